The summed E-state index contributed by atoms with van der Waals surface area (Å²) in [6.07, 6.45) is 15.6. The quantitative estimate of drug-likeness (QED) is 0.861. The lowest BCUT2D eigenvalue weighted by Gasteiger charge is -2.37. The Balaban J connectivity index is 1.49. The fourth-order valence-electron chi connectivity index (χ4n) is 5.07. The van der Waals surface area contributed by atoms with Gasteiger partial charge >= 0.3 is 0 Å². The number of carbonyl (C=O) groups is 1. The van der Waals surface area contributed by atoms with Crippen LogP contribution in [0.3, 0.4) is 0 Å². The predicted octanol–water partition coefficient (Wildman–Crippen LogP) is 4.27. The summed E-state index contributed by atoms with van der Waals surface area (Å²) in [7, 11) is 0. The van der Waals surface area contributed by atoms with Gasteiger partial charge in [0, 0.05) is 12.1 Å². The van der Waals surface area contributed by atoms with E-state index in [1.54, 1.807) is 6.20 Å². The van der Waals surface area contributed by atoms with Crippen molar-refractivity contribution in [3.8, 4) is 0 Å². The van der Waals surface area contributed by atoms with Crippen molar-refractivity contribution in [2.24, 2.45) is 5.92 Å². The Morgan fingerprint density at radius 1 is 1.12 bits per heavy atom. The van der Waals surface area contributed by atoms with Gasteiger partial charge in [-0.25, -0.2) is 4.68 Å². The SMILES string of the molecule is CC1CC(C2CCCCC2)Nc2c(C(=O)NC3CCCCC3)cnn21. The van der Waals surface area contributed by atoms with Crippen LogP contribution >= 0.6 is 0 Å². The summed E-state index contributed by atoms with van der Waals surface area (Å²) in [5, 5.41) is 11.5. The van der Waals surface area contributed by atoms with Crippen LogP contribution < -0.4 is 10.6 Å². The van der Waals surface area contributed by atoms with Crippen molar-refractivity contribution in [3.63, 3.8) is 0 Å². The second kappa shape index (κ2) is 7.38. The average Bonchev–Trinajstić information content (AvgIpc) is 3.08. The number of hydrogen-bond donors (Lipinski definition) is 2. The molecule has 0 bridgehead atoms. The summed E-state index contributed by atoms with van der Waals surface area (Å²) >= 11 is 0. The molecule has 5 nitrogen and oxygen atoms in total. The molecule has 25 heavy (non-hydrogen) atoms. The summed E-state index contributed by atoms with van der Waals surface area (Å²) in [6, 6.07) is 1.19. The fourth-order valence-corrected chi connectivity index (χ4v) is 5.07. The highest BCUT2D eigenvalue weighted by Crippen LogP contribution is 2.37. The Kier molecular flexibility index (Phi) is 5.00. The third-order valence-corrected chi connectivity index (χ3v) is 6.53. The van der Waals surface area contributed by atoms with Crippen LogP contribution in [0, 0.1) is 5.92 Å². The molecule has 4 rings (SSSR count). The number of anilines is 1. The van der Waals surface area contributed by atoms with Crippen molar-refractivity contribution in [2.75, 3.05) is 5.32 Å². The number of fused-ring (bicyclic) bond motifs is 1. The molecular formula is C20H32N4O. The van der Waals surface area contributed by atoms with Crippen molar-refractivity contribution in [1.29, 1.82) is 0 Å². The summed E-state index contributed by atoms with van der Waals surface area (Å²) < 4.78 is 2.02. The van der Waals surface area contributed by atoms with Gasteiger partial charge in [0.25, 0.3) is 5.91 Å². The smallest absolute Gasteiger partial charge is 0.256 e. The lowest BCUT2D eigenvalue weighted by Crippen LogP contribution is -2.40. The van der Waals surface area contributed by atoms with E-state index in [2.05, 4.69) is 22.7 Å². The molecule has 2 fully saturated rings. The van der Waals surface area contributed by atoms with Crippen LogP contribution in [0.25, 0.3) is 0 Å². The van der Waals surface area contributed by atoms with Crippen LogP contribution in [-0.2, 0) is 0 Å². The summed E-state index contributed by atoms with van der Waals surface area (Å²) in [4.78, 5) is 12.8. The van der Waals surface area contributed by atoms with Gasteiger partial charge in [-0.3, -0.25) is 4.79 Å². The Morgan fingerprint density at radius 2 is 1.80 bits per heavy atom. The van der Waals surface area contributed by atoms with Gasteiger partial charge in [0.1, 0.15) is 11.4 Å². The second-order valence-corrected chi connectivity index (χ2v) is 8.39. The predicted molar refractivity (Wildman–Crippen MR) is 99.9 cm³/mol. The first-order chi connectivity index (χ1) is 12.2. The molecule has 0 radical (unpaired) electrons. The number of nitrogens with one attached hydrogen (secondary N) is 2. The maximum absolute atomic E-state index is 12.8. The maximum Gasteiger partial charge on any atom is 0.256 e. The van der Waals surface area contributed by atoms with Crippen molar-refractivity contribution >= 4 is 11.7 Å². The van der Waals surface area contributed by atoms with Crippen molar-refractivity contribution in [3.05, 3.63) is 11.8 Å². The zero-order chi connectivity index (χ0) is 17.2. The van der Waals surface area contributed by atoms with Crippen LogP contribution in [-0.4, -0.2) is 27.8 Å². The molecule has 2 unspecified atom stereocenters. The molecule has 1 amide bonds. The molecule has 1 aromatic rings. The van der Waals surface area contributed by atoms with Crippen molar-refractivity contribution < 1.29 is 4.79 Å². The van der Waals surface area contributed by atoms with Gasteiger partial charge in [-0.2, -0.15) is 5.10 Å². The van der Waals surface area contributed by atoms with Crippen LogP contribution in [0.15, 0.2) is 6.20 Å². The van der Waals surface area contributed by atoms with Crippen LogP contribution in [0.4, 0.5) is 5.82 Å². The minimum absolute atomic E-state index is 0.0529. The number of carbonyl (C=O) groups excluding carboxylic acids is 1. The Labute approximate surface area is 150 Å². The standard InChI is InChI=1S/C20H32N4O/c1-14-12-18(15-8-4-2-5-9-15)23-19-17(13-21-24(14)19)20(25)22-16-10-6-3-7-11-16/h13-16,18,23H,2-12H2,1H3,(H,22,25). The minimum Gasteiger partial charge on any atom is -0.367 e. The molecule has 2 saturated carbocycles. The van der Waals surface area contributed by atoms with E-state index >= 15 is 0 Å². The van der Waals surface area contributed by atoms with Crippen molar-refractivity contribution in [1.82, 2.24) is 15.1 Å². The minimum atomic E-state index is 0.0529. The van der Waals surface area contributed by atoms with E-state index in [4.69, 9.17) is 0 Å². The van der Waals surface area contributed by atoms with E-state index in [0.717, 1.165) is 36.6 Å². The maximum atomic E-state index is 12.8. The molecule has 138 valence electrons. The highest BCUT2D eigenvalue weighted by Gasteiger charge is 2.33. The van der Waals surface area contributed by atoms with E-state index < -0.39 is 0 Å². The van der Waals surface area contributed by atoms with Crippen LogP contribution in [0.2, 0.25) is 0 Å². The Hall–Kier alpha value is -1.52. The van der Waals surface area contributed by atoms with Gasteiger partial charge in [0.2, 0.25) is 0 Å². The molecule has 2 heterocycles. The molecule has 0 spiro atoms. The Morgan fingerprint density at radius 3 is 2.52 bits per heavy atom. The summed E-state index contributed by atoms with van der Waals surface area (Å²) in [5.41, 5.74) is 0.734. The second-order valence-electron chi connectivity index (χ2n) is 8.39. The van der Waals surface area contributed by atoms with E-state index in [1.807, 2.05) is 4.68 Å². The monoisotopic (exact) mass is 344 g/mol. The zero-order valence-corrected chi connectivity index (χ0v) is 15.5. The molecule has 1 aliphatic heterocycles. The number of rotatable bonds is 3. The van der Waals surface area contributed by atoms with Gasteiger partial charge in [-0.15, -0.1) is 0 Å². The summed E-state index contributed by atoms with van der Waals surface area (Å²) in [5.74, 6) is 1.74. The van der Waals surface area contributed by atoms with Gasteiger partial charge in [0.05, 0.1) is 12.2 Å². The molecule has 0 saturated heterocycles. The first-order valence-corrected chi connectivity index (χ1v) is 10.4. The number of hydrogen-bond acceptors (Lipinski definition) is 3. The average molecular weight is 345 g/mol. The number of amides is 1. The lowest BCUT2D eigenvalue weighted by atomic mass is 9.81. The Bertz CT molecular complexity index is 599. The summed E-state index contributed by atoms with van der Waals surface area (Å²) in [6.45, 7) is 2.23. The topological polar surface area (TPSA) is 59.0 Å². The molecule has 2 aliphatic carbocycles. The largest absolute Gasteiger partial charge is 0.367 e. The normalized spacial score (nSPS) is 28.2. The fraction of sp³-hybridized carbons (Fsp3) is 0.800. The molecule has 2 N–H and O–H groups in total. The highest BCUT2D eigenvalue weighted by molar-refractivity contribution is 5.99. The first kappa shape index (κ1) is 16.9. The first-order valence-electron chi connectivity index (χ1n) is 10.4. The molecule has 2 atom stereocenters. The van der Waals surface area contributed by atoms with Gasteiger partial charge < -0.3 is 10.6 Å². The zero-order valence-electron chi connectivity index (χ0n) is 15.5. The van der Waals surface area contributed by atoms with Gasteiger partial charge in [-0.1, -0.05) is 38.5 Å². The molecular weight excluding hydrogens is 312 g/mol. The van der Waals surface area contributed by atoms with Crippen LogP contribution in [0.5, 0.6) is 0 Å². The van der Waals surface area contributed by atoms with Crippen LogP contribution in [0.1, 0.15) is 94.0 Å². The molecule has 5 heteroatoms. The third kappa shape index (κ3) is 3.56. The lowest BCUT2D eigenvalue weighted by molar-refractivity contribution is 0.0928. The van der Waals surface area contributed by atoms with E-state index in [-0.39, 0.29) is 5.91 Å². The van der Waals surface area contributed by atoms with E-state index in [9.17, 15) is 4.79 Å². The third-order valence-electron chi connectivity index (χ3n) is 6.53. The highest BCUT2D eigenvalue weighted by atomic mass is 16.1. The van der Waals surface area contributed by atoms with Gasteiger partial charge in [-0.05, 0) is 44.9 Å². The molecule has 0 aromatic carbocycles. The number of nitrogens with zero attached hydrogens (tertiary/aromatic N) is 2. The molecule has 1 aromatic heterocycles. The number of aromatic nitrogens is 2. The van der Waals surface area contributed by atoms with E-state index in [0.29, 0.717) is 18.1 Å². The molecule has 3 aliphatic rings. The van der Waals surface area contributed by atoms with E-state index in [1.165, 1.54) is 51.4 Å². The van der Waals surface area contributed by atoms with Crippen molar-refractivity contribution in [2.45, 2.75) is 95.7 Å². The van der Waals surface area contributed by atoms with Gasteiger partial charge in [0.15, 0.2) is 0 Å².